The Kier molecular flexibility index (Phi) is 7.20. The van der Waals surface area contributed by atoms with Crippen molar-refractivity contribution in [3.8, 4) is 0 Å². The van der Waals surface area contributed by atoms with Gasteiger partial charge in [-0.05, 0) is 79.9 Å². The summed E-state index contributed by atoms with van der Waals surface area (Å²) in [4.78, 5) is -1.81. The number of benzene rings is 1. The van der Waals surface area contributed by atoms with Crippen molar-refractivity contribution in [3.05, 3.63) is 35.9 Å². The Bertz CT molecular complexity index is 739. The third-order valence-electron chi connectivity index (χ3n) is 7.45. The first kappa shape index (κ1) is 24.6. The van der Waals surface area contributed by atoms with Crippen LogP contribution in [0.25, 0.3) is 6.08 Å². The lowest BCUT2D eigenvalue weighted by Gasteiger charge is -2.40. The van der Waals surface area contributed by atoms with Crippen molar-refractivity contribution in [2.45, 2.75) is 88.9 Å². The van der Waals surface area contributed by atoms with Crippen LogP contribution in [0.3, 0.4) is 0 Å². The Labute approximate surface area is 184 Å². The zero-order valence-corrected chi connectivity index (χ0v) is 19.4. The maximum Gasteiger partial charge on any atom is 0.310 e. The zero-order chi connectivity index (χ0) is 22.6. The van der Waals surface area contributed by atoms with Crippen molar-refractivity contribution in [1.29, 1.82) is 0 Å². The minimum atomic E-state index is -9.62. The lowest BCUT2D eigenvalue weighted by molar-refractivity contribution is 0.151. The van der Waals surface area contributed by atoms with Gasteiger partial charge in [0, 0.05) is 0 Å². The largest absolute Gasteiger partial charge is 0.310 e. The van der Waals surface area contributed by atoms with Gasteiger partial charge in [-0.2, -0.15) is 0 Å². The second-order valence-electron chi connectivity index (χ2n) is 9.85. The number of hydrogen-bond acceptors (Lipinski definition) is 0. The van der Waals surface area contributed by atoms with E-state index < -0.39 is 15.1 Å². The molecule has 0 atom stereocenters. The van der Waals surface area contributed by atoms with E-state index in [1.807, 2.05) is 6.08 Å². The molecule has 0 spiro atoms. The number of halogens is 5. The van der Waals surface area contributed by atoms with E-state index >= 15 is 0 Å². The molecule has 0 bridgehead atoms. The van der Waals surface area contributed by atoms with Crippen LogP contribution in [0.15, 0.2) is 35.2 Å². The number of rotatable bonds is 8. The SMILES string of the molecule is CCCCCC1CCC(C2CCC(/C=C/c3cccc(S(F)(F)(F)(F)F)c3)CC2)CC1. The molecule has 2 aliphatic rings. The van der Waals surface area contributed by atoms with Gasteiger partial charge in [-0.25, -0.2) is 0 Å². The fourth-order valence-corrected chi connectivity index (χ4v) is 6.24. The quantitative estimate of drug-likeness (QED) is 0.265. The van der Waals surface area contributed by atoms with E-state index in [2.05, 4.69) is 6.92 Å². The molecule has 178 valence electrons. The van der Waals surface area contributed by atoms with Gasteiger partial charge in [0.05, 0.1) is 0 Å². The Morgan fingerprint density at radius 1 is 0.839 bits per heavy atom. The van der Waals surface area contributed by atoms with E-state index in [9.17, 15) is 19.4 Å². The smallest absolute Gasteiger partial charge is 0.0936 e. The van der Waals surface area contributed by atoms with Gasteiger partial charge in [-0.15, -0.1) is 0 Å². The minimum Gasteiger partial charge on any atom is -0.0936 e. The van der Waals surface area contributed by atoms with E-state index in [-0.39, 0.29) is 5.56 Å². The van der Waals surface area contributed by atoms with Crippen LogP contribution in [0.1, 0.15) is 89.5 Å². The standard InChI is InChI=1S/C25H37F5S/c1-2-3-4-6-20-11-15-23(16-12-20)24-17-13-21(14-18-24)9-10-22-7-5-8-25(19-22)31(26,27,28,29)30/h5,7-10,19-21,23-24H,2-4,6,11-18H2,1H3/b10-9+. The molecule has 2 saturated carbocycles. The number of hydrogen-bond donors (Lipinski definition) is 0. The molecule has 0 heterocycles. The van der Waals surface area contributed by atoms with Crippen LogP contribution in [0.5, 0.6) is 0 Å². The van der Waals surface area contributed by atoms with Crippen molar-refractivity contribution in [3.63, 3.8) is 0 Å². The van der Waals surface area contributed by atoms with Crippen LogP contribution < -0.4 is 0 Å². The van der Waals surface area contributed by atoms with E-state index in [0.29, 0.717) is 18.1 Å². The van der Waals surface area contributed by atoms with Crippen LogP contribution in [-0.4, -0.2) is 0 Å². The summed E-state index contributed by atoms with van der Waals surface area (Å²) in [7, 11) is -9.62. The highest BCUT2D eigenvalue weighted by Crippen LogP contribution is 3.02. The van der Waals surface area contributed by atoms with Crippen molar-refractivity contribution < 1.29 is 19.4 Å². The average Bonchev–Trinajstić information content (AvgIpc) is 2.72. The molecule has 0 N–H and O–H groups in total. The summed E-state index contributed by atoms with van der Waals surface area (Å²) in [6, 6.07) is 3.54. The van der Waals surface area contributed by atoms with E-state index in [4.69, 9.17) is 0 Å². The lowest BCUT2D eigenvalue weighted by atomic mass is 9.68. The van der Waals surface area contributed by atoms with E-state index in [1.54, 1.807) is 6.08 Å². The number of unbranched alkanes of at least 4 members (excludes halogenated alkanes) is 2. The maximum atomic E-state index is 13.0. The van der Waals surface area contributed by atoms with E-state index in [1.165, 1.54) is 70.3 Å². The summed E-state index contributed by atoms with van der Waals surface area (Å²) in [6.07, 6.45) is 18.8. The Hall–Kier alpha value is -1.04. The summed E-state index contributed by atoms with van der Waals surface area (Å²) in [5, 5.41) is 0. The molecule has 0 aliphatic heterocycles. The van der Waals surface area contributed by atoms with Crippen molar-refractivity contribution in [1.82, 2.24) is 0 Å². The van der Waals surface area contributed by atoms with Crippen LogP contribution >= 0.6 is 10.2 Å². The highest BCUT2D eigenvalue weighted by atomic mass is 32.5. The first-order valence-corrected chi connectivity index (χ1v) is 13.9. The predicted octanol–water partition coefficient (Wildman–Crippen LogP) is 10.6. The molecule has 2 aliphatic carbocycles. The second-order valence-corrected chi connectivity index (χ2v) is 12.3. The molecular formula is C25H37F5S. The van der Waals surface area contributed by atoms with Gasteiger partial charge in [0.25, 0.3) is 0 Å². The topological polar surface area (TPSA) is 0 Å². The third-order valence-corrected chi connectivity index (χ3v) is 8.60. The van der Waals surface area contributed by atoms with Gasteiger partial charge in [0.2, 0.25) is 0 Å². The second kappa shape index (κ2) is 9.07. The molecule has 0 saturated heterocycles. The molecule has 6 heteroatoms. The highest BCUT2D eigenvalue weighted by Gasteiger charge is 2.65. The van der Waals surface area contributed by atoms with Gasteiger partial charge < -0.3 is 0 Å². The molecule has 1 aromatic carbocycles. The first-order chi connectivity index (χ1) is 14.4. The van der Waals surface area contributed by atoms with Gasteiger partial charge in [0.15, 0.2) is 0 Å². The van der Waals surface area contributed by atoms with Gasteiger partial charge in [-0.1, -0.05) is 89.2 Å². The number of allylic oxidation sites excluding steroid dienone is 1. The fourth-order valence-electron chi connectivity index (χ4n) is 5.55. The molecule has 0 unspecified atom stereocenters. The fraction of sp³-hybridized carbons (Fsp3) is 0.680. The molecule has 0 radical (unpaired) electrons. The van der Waals surface area contributed by atoms with Gasteiger partial charge >= 0.3 is 10.2 Å². The summed E-state index contributed by atoms with van der Waals surface area (Å²) in [5.41, 5.74) is 0.189. The van der Waals surface area contributed by atoms with Gasteiger partial charge in [-0.3, -0.25) is 0 Å². The van der Waals surface area contributed by atoms with Crippen LogP contribution in [0.4, 0.5) is 19.4 Å². The van der Waals surface area contributed by atoms with Crippen LogP contribution in [0, 0.1) is 23.7 Å². The highest BCUT2D eigenvalue weighted by molar-refractivity contribution is 8.45. The summed E-state index contributed by atoms with van der Waals surface area (Å²) >= 11 is 0. The van der Waals surface area contributed by atoms with Crippen molar-refractivity contribution in [2.75, 3.05) is 0 Å². The zero-order valence-electron chi connectivity index (χ0n) is 18.6. The van der Waals surface area contributed by atoms with Crippen molar-refractivity contribution >= 4 is 16.3 Å². The molecule has 1 aromatic rings. The van der Waals surface area contributed by atoms with Gasteiger partial charge in [0.1, 0.15) is 4.90 Å². The summed E-state index contributed by atoms with van der Waals surface area (Å²) in [5.74, 6) is 2.86. The normalized spacial score (nSPS) is 30.1. The summed E-state index contributed by atoms with van der Waals surface area (Å²) in [6.45, 7) is 2.25. The maximum absolute atomic E-state index is 13.0. The molecule has 3 rings (SSSR count). The van der Waals surface area contributed by atoms with Crippen LogP contribution in [-0.2, 0) is 0 Å². The first-order valence-electron chi connectivity index (χ1n) is 12.0. The Balaban J connectivity index is 1.46. The van der Waals surface area contributed by atoms with E-state index in [0.717, 1.165) is 36.7 Å². The lowest BCUT2D eigenvalue weighted by Crippen LogP contribution is -2.25. The molecule has 0 nitrogen and oxygen atoms in total. The molecule has 0 amide bonds. The third kappa shape index (κ3) is 7.50. The molecular weight excluding hydrogens is 427 g/mol. The molecule has 31 heavy (non-hydrogen) atoms. The predicted molar refractivity (Wildman–Crippen MR) is 122 cm³/mol. The Morgan fingerprint density at radius 3 is 2.03 bits per heavy atom. The van der Waals surface area contributed by atoms with Crippen LogP contribution in [0.2, 0.25) is 0 Å². The van der Waals surface area contributed by atoms with Crippen molar-refractivity contribution in [2.24, 2.45) is 23.7 Å². The minimum absolute atomic E-state index is 0.189. The molecule has 0 aromatic heterocycles. The average molecular weight is 465 g/mol. The Morgan fingerprint density at radius 2 is 1.45 bits per heavy atom. The monoisotopic (exact) mass is 464 g/mol. The molecule has 2 fully saturated rings. The summed E-state index contributed by atoms with van der Waals surface area (Å²) < 4.78 is 65.1.